The van der Waals surface area contributed by atoms with E-state index in [4.69, 9.17) is 4.74 Å². The maximum absolute atomic E-state index is 12.8. The molecule has 26 heavy (non-hydrogen) atoms. The molecule has 4 rings (SSSR count). The Kier molecular flexibility index (Phi) is 4.62. The van der Waals surface area contributed by atoms with Crippen molar-refractivity contribution in [1.82, 2.24) is 4.31 Å². The summed E-state index contributed by atoms with van der Waals surface area (Å²) in [5.41, 5.74) is 0.241. The lowest BCUT2D eigenvalue weighted by molar-refractivity contribution is -0.384. The molecule has 0 bridgehead atoms. The number of nitro benzene ring substituents is 1. The van der Waals surface area contributed by atoms with Crippen molar-refractivity contribution in [2.45, 2.75) is 36.6 Å². The third kappa shape index (κ3) is 3.56. The van der Waals surface area contributed by atoms with Gasteiger partial charge in [0.1, 0.15) is 5.69 Å². The Morgan fingerprint density at radius 3 is 2.31 bits per heavy atom. The van der Waals surface area contributed by atoms with Gasteiger partial charge in [0.15, 0.2) is 0 Å². The molecule has 0 amide bonds. The number of nitrogens with zero attached hydrogens (tertiary/aromatic N) is 2. The minimum Gasteiger partial charge on any atom is -0.379 e. The van der Waals surface area contributed by atoms with E-state index < -0.39 is 14.9 Å². The van der Waals surface area contributed by atoms with Crippen LogP contribution in [0, 0.1) is 22.0 Å². The van der Waals surface area contributed by atoms with Gasteiger partial charge in [-0.15, -0.1) is 0 Å². The standard InChI is InChI=1S/C17H23N3O5S/c21-20(22)16-11-14(26(23,24)19-7-9-25-10-8-19)5-6-15(16)18-17(12-1-2-12)13-3-4-13/h5-6,11-13,17-18H,1-4,7-10H2. The third-order valence-corrected chi connectivity index (χ3v) is 7.25. The summed E-state index contributed by atoms with van der Waals surface area (Å²) in [5, 5.41) is 14.9. The van der Waals surface area contributed by atoms with Crippen LogP contribution in [0.3, 0.4) is 0 Å². The highest BCUT2D eigenvalue weighted by Gasteiger charge is 2.42. The Labute approximate surface area is 152 Å². The van der Waals surface area contributed by atoms with Gasteiger partial charge in [-0.2, -0.15) is 4.31 Å². The first kappa shape index (κ1) is 17.7. The third-order valence-electron chi connectivity index (χ3n) is 5.36. The molecule has 3 aliphatic rings. The highest BCUT2D eigenvalue weighted by atomic mass is 32.2. The maximum Gasteiger partial charge on any atom is 0.293 e. The number of benzene rings is 1. The number of nitrogens with one attached hydrogen (secondary N) is 1. The lowest BCUT2D eigenvalue weighted by Crippen LogP contribution is -2.40. The van der Waals surface area contributed by atoms with E-state index in [0.717, 1.165) is 25.7 Å². The van der Waals surface area contributed by atoms with Crippen LogP contribution in [-0.4, -0.2) is 50.0 Å². The maximum atomic E-state index is 12.8. The van der Waals surface area contributed by atoms with Gasteiger partial charge in [-0.25, -0.2) is 8.42 Å². The quantitative estimate of drug-likeness (QED) is 0.574. The van der Waals surface area contributed by atoms with E-state index >= 15 is 0 Å². The highest BCUT2D eigenvalue weighted by molar-refractivity contribution is 7.89. The van der Waals surface area contributed by atoms with Gasteiger partial charge in [-0.05, 0) is 49.7 Å². The second-order valence-electron chi connectivity index (χ2n) is 7.30. The first-order valence-corrected chi connectivity index (χ1v) is 10.5. The van der Waals surface area contributed by atoms with Gasteiger partial charge in [0.2, 0.25) is 10.0 Å². The van der Waals surface area contributed by atoms with Crippen LogP contribution in [0.25, 0.3) is 0 Å². The molecule has 1 aromatic rings. The zero-order valence-corrected chi connectivity index (χ0v) is 15.3. The van der Waals surface area contributed by atoms with E-state index in [1.165, 1.54) is 16.4 Å². The summed E-state index contributed by atoms with van der Waals surface area (Å²) >= 11 is 0. The first-order chi connectivity index (χ1) is 12.5. The molecule has 2 saturated carbocycles. The molecule has 9 heteroatoms. The van der Waals surface area contributed by atoms with E-state index in [-0.39, 0.29) is 29.7 Å². The van der Waals surface area contributed by atoms with Crippen LogP contribution in [0.5, 0.6) is 0 Å². The Hall–Kier alpha value is -1.71. The van der Waals surface area contributed by atoms with Gasteiger partial charge in [-0.3, -0.25) is 10.1 Å². The van der Waals surface area contributed by atoms with E-state index in [0.29, 0.717) is 30.7 Å². The summed E-state index contributed by atoms with van der Waals surface area (Å²) in [6, 6.07) is 4.46. The number of rotatable bonds is 7. The fraction of sp³-hybridized carbons (Fsp3) is 0.647. The molecule has 1 heterocycles. The van der Waals surface area contributed by atoms with Gasteiger partial charge < -0.3 is 10.1 Å². The molecular weight excluding hydrogens is 358 g/mol. The molecule has 1 saturated heterocycles. The summed E-state index contributed by atoms with van der Waals surface area (Å²) in [6.45, 7) is 1.21. The van der Waals surface area contributed by atoms with Crippen molar-refractivity contribution in [2.24, 2.45) is 11.8 Å². The van der Waals surface area contributed by atoms with E-state index in [2.05, 4.69) is 5.32 Å². The predicted molar refractivity (Wildman–Crippen MR) is 95.5 cm³/mol. The lowest BCUT2D eigenvalue weighted by atomic mass is 10.1. The van der Waals surface area contributed by atoms with Crippen LogP contribution in [0.1, 0.15) is 25.7 Å². The Morgan fingerprint density at radius 2 is 1.77 bits per heavy atom. The van der Waals surface area contributed by atoms with Crippen LogP contribution >= 0.6 is 0 Å². The SMILES string of the molecule is O=[N+]([O-])c1cc(S(=O)(=O)N2CCOCC2)ccc1NC(C1CC1)C1CC1. The number of morpholine rings is 1. The van der Waals surface area contributed by atoms with Gasteiger partial charge in [-0.1, -0.05) is 0 Å². The van der Waals surface area contributed by atoms with Crippen LogP contribution in [0.2, 0.25) is 0 Å². The molecule has 1 aromatic carbocycles. The van der Waals surface area contributed by atoms with Crippen molar-refractivity contribution in [3.05, 3.63) is 28.3 Å². The fourth-order valence-electron chi connectivity index (χ4n) is 3.59. The largest absolute Gasteiger partial charge is 0.379 e. The normalized spacial score (nSPS) is 21.7. The molecular formula is C17H23N3O5S. The number of ether oxygens (including phenoxy) is 1. The van der Waals surface area contributed by atoms with Crippen molar-refractivity contribution in [3.63, 3.8) is 0 Å². The molecule has 0 spiro atoms. The molecule has 1 aliphatic heterocycles. The van der Waals surface area contributed by atoms with Crippen LogP contribution in [-0.2, 0) is 14.8 Å². The van der Waals surface area contributed by atoms with Crippen LogP contribution in [0.15, 0.2) is 23.1 Å². The fourth-order valence-corrected chi connectivity index (χ4v) is 5.02. The zero-order valence-electron chi connectivity index (χ0n) is 14.5. The average Bonchev–Trinajstić information content (AvgIpc) is 3.54. The smallest absolute Gasteiger partial charge is 0.293 e. The average molecular weight is 381 g/mol. The Balaban J connectivity index is 1.61. The van der Waals surface area contributed by atoms with Gasteiger partial charge in [0, 0.05) is 25.2 Å². The Morgan fingerprint density at radius 1 is 1.15 bits per heavy atom. The van der Waals surface area contributed by atoms with Crippen molar-refractivity contribution in [3.8, 4) is 0 Å². The molecule has 0 radical (unpaired) electrons. The second kappa shape index (κ2) is 6.79. The molecule has 0 aromatic heterocycles. The highest BCUT2D eigenvalue weighted by Crippen LogP contribution is 2.46. The number of sulfonamides is 1. The molecule has 3 fully saturated rings. The first-order valence-electron chi connectivity index (χ1n) is 9.09. The van der Waals surface area contributed by atoms with Crippen LogP contribution < -0.4 is 5.32 Å². The summed E-state index contributed by atoms with van der Waals surface area (Å²) in [6.07, 6.45) is 4.63. The number of hydrogen-bond acceptors (Lipinski definition) is 6. The minimum absolute atomic E-state index is 0.0361. The summed E-state index contributed by atoms with van der Waals surface area (Å²) in [4.78, 5) is 11.0. The molecule has 0 unspecified atom stereocenters. The van der Waals surface area contributed by atoms with E-state index in [1.807, 2.05) is 0 Å². The summed E-state index contributed by atoms with van der Waals surface area (Å²) in [7, 11) is -3.75. The number of anilines is 1. The van der Waals surface area contributed by atoms with Gasteiger partial charge in [0.05, 0.1) is 23.0 Å². The predicted octanol–water partition coefficient (Wildman–Crippen LogP) is 2.22. The number of hydrogen-bond donors (Lipinski definition) is 1. The molecule has 142 valence electrons. The van der Waals surface area contributed by atoms with Gasteiger partial charge >= 0.3 is 0 Å². The monoisotopic (exact) mass is 381 g/mol. The van der Waals surface area contributed by atoms with E-state index in [9.17, 15) is 18.5 Å². The topological polar surface area (TPSA) is 102 Å². The zero-order chi connectivity index (χ0) is 18.3. The van der Waals surface area contributed by atoms with Crippen molar-refractivity contribution >= 4 is 21.4 Å². The van der Waals surface area contributed by atoms with Crippen molar-refractivity contribution in [2.75, 3.05) is 31.6 Å². The summed E-state index contributed by atoms with van der Waals surface area (Å²) in [5.74, 6) is 1.16. The Bertz CT molecular complexity index is 787. The summed E-state index contributed by atoms with van der Waals surface area (Å²) < 4.78 is 32.0. The van der Waals surface area contributed by atoms with Crippen molar-refractivity contribution < 1.29 is 18.1 Å². The lowest BCUT2D eigenvalue weighted by Gasteiger charge is -2.26. The molecule has 0 atom stereocenters. The van der Waals surface area contributed by atoms with E-state index in [1.54, 1.807) is 6.07 Å². The second-order valence-corrected chi connectivity index (χ2v) is 9.24. The molecule has 2 aliphatic carbocycles. The van der Waals surface area contributed by atoms with Crippen LogP contribution in [0.4, 0.5) is 11.4 Å². The molecule has 8 nitrogen and oxygen atoms in total. The van der Waals surface area contributed by atoms with Crippen molar-refractivity contribution in [1.29, 1.82) is 0 Å². The minimum atomic E-state index is -3.75. The van der Waals surface area contributed by atoms with Gasteiger partial charge in [0.25, 0.3) is 5.69 Å². The molecule has 1 N–H and O–H groups in total. The number of nitro groups is 1.